The van der Waals surface area contributed by atoms with E-state index >= 15 is 0 Å². The molecule has 2 aromatic rings. The topological polar surface area (TPSA) is 38.1 Å². The van der Waals surface area contributed by atoms with Gasteiger partial charge in [0.05, 0.1) is 5.69 Å². The van der Waals surface area contributed by atoms with Crippen LogP contribution in [0.1, 0.15) is 6.42 Å². The number of amides is 1. The van der Waals surface area contributed by atoms with Crippen LogP contribution in [0.3, 0.4) is 0 Å². The van der Waals surface area contributed by atoms with Gasteiger partial charge in [0.15, 0.2) is 0 Å². The Kier molecular flexibility index (Phi) is 2.83. The smallest absolute Gasteiger partial charge is 0.228 e. The number of rotatable bonds is 2. The minimum Gasteiger partial charge on any atom is -0.311 e. The monoisotopic (exact) mass is 259 g/mol. The molecule has 1 aromatic heterocycles. The van der Waals surface area contributed by atoms with Crippen LogP contribution in [0.4, 0.5) is 5.69 Å². The van der Waals surface area contributed by atoms with Crippen molar-refractivity contribution < 1.29 is 4.79 Å². The molecule has 0 spiro atoms. The lowest BCUT2D eigenvalue weighted by molar-refractivity contribution is -0.117. The number of benzene rings is 1. The van der Waals surface area contributed by atoms with Crippen LogP contribution in [0.25, 0.3) is 5.69 Å². The van der Waals surface area contributed by atoms with E-state index in [1.165, 1.54) is 0 Å². The van der Waals surface area contributed by atoms with E-state index in [-0.39, 0.29) is 11.2 Å². The summed E-state index contributed by atoms with van der Waals surface area (Å²) in [4.78, 5) is 13.6. The summed E-state index contributed by atoms with van der Waals surface area (Å²) in [6.45, 7) is 0.671. The first-order chi connectivity index (χ1) is 8.74. The number of carbonyl (C=O) groups is 1. The van der Waals surface area contributed by atoms with Crippen LogP contribution < -0.4 is 4.90 Å². The van der Waals surface area contributed by atoms with E-state index in [1.54, 1.807) is 15.8 Å². The molecule has 1 aromatic carbocycles. The van der Waals surface area contributed by atoms with Crippen molar-refractivity contribution in [2.24, 2.45) is 0 Å². The highest BCUT2D eigenvalue weighted by molar-refractivity contribution is 7.81. The van der Waals surface area contributed by atoms with Gasteiger partial charge in [-0.25, -0.2) is 4.68 Å². The Morgan fingerprint density at radius 3 is 2.78 bits per heavy atom. The molecule has 1 aliphatic rings. The summed E-state index contributed by atoms with van der Waals surface area (Å²) in [6.07, 6.45) is 4.12. The summed E-state index contributed by atoms with van der Waals surface area (Å²) < 4.78 is 1.78. The Labute approximate surface area is 111 Å². The Balaban J connectivity index is 1.94. The lowest BCUT2D eigenvalue weighted by Crippen LogP contribution is -2.24. The van der Waals surface area contributed by atoms with E-state index in [2.05, 4.69) is 17.7 Å². The quantitative estimate of drug-likeness (QED) is 0.837. The molecule has 1 aliphatic heterocycles. The van der Waals surface area contributed by atoms with Crippen LogP contribution in [0.5, 0.6) is 0 Å². The maximum atomic E-state index is 11.8. The van der Waals surface area contributed by atoms with Crippen LogP contribution in [0.2, 0.25) is 0 Å². The van der Waals surface area contributed by atoms with Crippen LogP contribution in [-0.2, 0) is 4.79 Å². The van der Waals surface area contributed by atoms with Crippen LogP contribution in [-0.4, -0.2) is 27.5 Å². The predicted octanol–water partition coefficient (Wildman–Crippen LogP) is 1.91. The SMILES string of the molecule is O=C1CC(S)CN1c1cccc(-n2cccn2)c1. The Morgan fingerprint density at radius 2 is 2.11 bits per heavy atom. The van der Waals surface area contributed by atoms with Crippen molar-refractivity contribution >= 4 is 24.2 Å². The molecule has 2 heterocycles. The van der Waals surface area contributed by atoms with Crippen LogP contribution >= 0.6 is 12.6 Å². The second kappa shape index (κ2) is 4.49. The third-order valence-electron chi connectivity index (χ3n) is 3.01. The summed E-state index contributed by atoms with van der Waals surface area (Å²) in [5.41, 5.74) is 1.86. The Bertz CT molecular complexity index is 567. The van der Waals surface area contributed by atoms with Gasteiger partial charge in [0, 0.05) is 36.3 Å². The summed E-state index contributed by atoms with van der Waals surface area (Å²) in [7, 11) is 0. The van der Waals surface area contributed by atoms with Gasteiger partial charge in [-0.2, -0.15) is 17.7 Å². The molecule has 1 saturated heterocycles. The van der Waals surface area contributed by atoms with Gasteiger partial charge < -0.3 is 4.90 Å². The van der Waals surface area contributed by atoms with Gasteiger partial charge in [-0.15, -0.1) is 0 Å². The van der Waals surface area contributed by atoms with Crippen molar-refractivity contribution in [2.45, 2.75) is 11.7 Å². The molecule has 18 heavy (non-hydrogen) atoms. The van der Waals surface area contributed by atoms with Gasteiger partial charge in [0.1, 0.15) is 0 Å². The Hall–Kier alpha value is -1.75. The lowest BCUT2D eigenvalue weighted by Gasteiger charge is -2.16. The van der Waals surface area contributed by atoms with Gasteiger partial charge in [-0.1, -0.05) is 6.07 Å². The van der Waals surface area contributed by atoms with Crippen molar-refractivity contribution in [3.8, 4) is 5.69 Å². The zero-order valence-electron chi connectivity index (χ0n) is 9.73. The fourth-order valence-electron chi connectivity index (χ4n) is 2.16. The molecule has 0 bridgehead atoms. The van der Waals surface area contributed by atoms with E-state index in [0.717, 1.165) is 11.4 Å². The summed E-state index contributed by atoms with van der Waals surface area (Å²) in [5, 5.41) is 4.32. The van der Waals surface area contributed by atoms with Crippen molar-refractivity contribution in [3.05, 3.63) is 42.7 Å². The number of carbonyl (C=O) groups excluding carboxylic acids is 1. The van der Waals surface area contributed by atoms with Crippen molar-refractivity contribution in [1.82, 2.24) is 9.78 Å². The molecule has 92 valence electrons. The zero-order chi connectivity index (χ0) is 12.5. The average Bonchev–Trinajstić information content (AvgIpc) is 2.99. The van der Waals surface area contributed by atoms with Gasteiger partial charge in [-0.05, 0) is 24.3 Å². The van der Waals surface area contributed by atoms with Crippen LogP contribution in [0.15, 0.2) is 42.7 Å². The summed E-state index contributed by atoms with van der Waals surface area (Å²) in [6, 6.07) is 9.69. The fourth-order valence-corrected chi connectivity index (χ4v) is 2.48. The van der Waals surface area contributed by atoms with E-state index in [1.807, 2.05) is 36.5 Å². The third kappa shape index (κ3) is 2.01. The first-order valence-electron chi connectivity index (χ1n) is 5.82. The molecule has 1 fully saturated rings. The fraction of sp³-hybridized carbons (Fsp3) is 0.231. The molecule has 1 unspecified atom stereocenters. The highest BCUT2D eigenvalue weighted by Gasteiger charge is 2.28. The van der Waals surface area contributed by atoms with E-state index in [0.29, 0.717) is 13.0 Å². The molecule has 1 atom stereocenters. The van der Waals surface area contributed by atoms with Crippen molar-refractivity contribution in [1.29, 1.82) is 0 Å². The first-order valence-corrected chi connectivity index (χ1v) is 6.34. The number of anilines is 1. The minimum atomic E-state index is 0.130. The van der Waals surface area contributed by atoms with Gasteiger partial charge >= 0.3 is 0 Å². The largest absolute Gasteiger partial charge is 0.311 e. The maximum absolute atomic E-state index is 11.8. The van der Waals surface area contributed by atoms with E-state index in [9.17, 15) is 4.79 Å². The summed E-state index contributed by atoms with van der Waals surface area (Å²) in [5.74, 6) is 0.132. The maximum Gasteiger partial charge on any atom is 0.228 e. The zero-order valence-corrected chi connectivity index (χ0v) is 10.6. The normalized spacial score (nSPS) is 19.5. The molecule has 0 radical (unpaired) electrons. The molecule has 1 amide bonds. The van der Waals surface area contributed by atoms with Gasteiger partial charge in [-0.3, -0.25) is 4.79 Å². The molecule has 3 rings (SSSR count). The molecular formula is C13H13N3OS. The molecule has 5 heteroatoms. The number of thiol groups is 1. The Morgan fingerprint density at radius 1 is 1.28 bits per heavy atom. The molecule has 0 aliphatic carbocycles. The highest BCUT2D eigenvalue weighted by Crippen LogP contribution is 2.25. The molecular weight excluding hydrogens is 246 g/mol. The average molecular weight is 259 g/mol. The van der Waals surface area contributed by atoms with E-state index in [4.69, 9.17) is 0 Å². The highest BCUT2D eigenvalue weighted by atomic mass is 32.1. The minimum absolute atomic E-state index is 0.130. The predicted molar refractivity (Wildman–Crippen MR) is 73.3 cm³/mol. The van der Waals surface area contributed by atoms with E-state index < -0.39 is 0 Å². The van der Waals surface area contributed by atoms with Gasteiger partial charge in [0.2, 0.25) is 5.91 Å². The second-order valence-corrected chi connectivity index (χ2v) is 5.06. The van der Waals surface area contributed by atoms with Crippen molar-refractivity contribution in [2.75, 3.05) is 11.4 Å². The number of nitrogens with zero attached hydrogens (tertiary/aromatic N) is 3. The number of hydrogen-bond donors (Lipinski definition) is 1. The third-order valence-corrected chi connectivity index (χ3v) is 3.36. The number of aromatic nitrogens is 2. The molecule has 4 nitrogen and oxygen atoms in total. The second-order valence-electron chi connectivity index (χ2n) is 4.33. The van der Waals surface area contributed by atoms with Crippen LogP contribution in [0, 0.1) is 0 Å². The van der Waals surface area contributed by atoms with Crippen molar-refractivity contribution in [3.63, 3.8) is 0 Å². The molecule has 0 saturated carbocycles. The lowest BCUT2D eigenvalue weighted by atomic mass is 10.2. The number of hydrogen-bond acceptors (Lipinski definition) is 3. The summed E-state index contributed by atoms with van der Waals surface area (Å²) >= 11 is 4.37. The first kappa shape index (κ1) is 11.3. The van der Waals surface area contributed by atoms with Gasteiger partial charge in [0.25, 0.3) is 0 Å². The molecule has 0 N–H and O–H groups in total. The standard InChI is InChI=1S/C13H13N3OS/c17-13-8-12(18)9-15(13)10-3-1-4-11(7-10)16-6-2-5-14-16/h1-7,12,18H,8-9H2.